The summed E-state index contributed by atoms with van der Waals surface area (Å²) in [7, 11) is 0. The van der Waals surface area contributed by atoms with Gasteiger partial charge in [0.05, 0.1) is 11.6 Å². The second-order valence-corrected chi connectivity index (χ2v) is 9.90. The minimum absolute atomic E-state index is 0.145. The van der Waals surface area contributed by atoms with Crippen LogP contribution in [0.3, 0.4) is 0 Å². The molecule has 2 aromatic carbocycles. The molecule has 0 bridgehead atoms. The molecule has 1 amide bonds. The number of ketones is 1. The van der Waals surface area contributed by atoms with E-state index in [1.165, 1.54) is 77.6 Å². The van der Waals surface area contributed by atoms with E-state index in [2.05, 4.69) is 15.2 Å². The van der Waals surface area contributed by atoms with Crippen LogP contribution < -0.4 is 4.90 Å². The van der Waals surface area contributed by atoms with E-state index in [-0.39, 0.29) is 22.3 Å². The molecule has 0 saturated carbocycles. The number of rotatable bonds is 6. The molecule has 0 aliphatic carbocycles. The van der Waals surface area contributed by atoms with Gasteiger partial charge in [-0.2, -0.15) is 0 Å². The lowest BCUT2D eigenvalue weighted by Gasteiger charge is -2.22. The van der Waals surface area contributed by atoms with E-state index in [1.54, 1.807) is 12.1 Å². The number of Topliss-reactive ketones (excluding diaryl/α,β-unsaturated/α-hetero) is 1. The summed E-state index contributed by atoms with van der Waals surface area (Å²) in [6, 6.07) is 13.4. The number of aliphatic hydroxyl groups excluding tert-OH is 1. The van der Waals surface area contributed by atoms with Crippen LogP contribution >= 0.6 is 23.1 Å². The number of pyridine rings is 1. The predicted molar refractivity (Wildman–Crippen MR) is 131 cm³/mol. The van der Waals surface area contributed by atoms with Crippen molar-refractivity contribution in [3.8, 4) is 0 Å². The fourth-order valence-corrected chi connectivity index (χ4v) is 5.56. The van der Waals surface area contributed by atoms with Gasteiger partial charge in [0.15, 0.2) is 4.34 Å². The molecule has 7 nitrogen and oxygen atoms in total. The topological polar surface area (TPSA) is 96.3 Å². The number of benzene rings is 2. The Morgan fingerprint density at radius 1 is 0.944 bits per heavy atom. The minimum atomic E-state index is -1.04. The molecule has 1 atom stereocenters. The number of aromatic nitrogens is 3. The average Bonchev–Trinajstić information content (AvgIpc) is 3.46. The average molecular weight is 523 g/mol. The Hall–Kier alpha value is -3.96. The molecule has 0 spiro atoms. The van der Waals surface area contributed by atoms with Crippen LogP contribution in [0.5, 0.6) is 0 Å². The number of halogens is 2. The number of amides is 1. The van der Waals surface area contributed by atoms with Gasteiger partial charge in [0, 0.05) is 23.7 Å². The Kier molecular flexibility index (Phi) is 6.57. The van der Waals surface area contributed by atoms with Gasteiger partial charge in [0.1, 0.15) is 17.4 Å². The smallest absolute Gasteiger partial charge is 0.301 e. The van der Waals surface area contributed by atoms with Crippen molar-refractivity contribution in [2.75, 3.05) is 4.90 Å². The molecule has 1 unspecified atom stereocenters. The summed E-state index contributed by atoms with van der Waals surface area (Å²) in [6.45, 7) is 0. The number of carbonyl (C=O) groups excluding carboxylic acids is 2. The van der Waals surface area contributed by atoms with Crippen molar-refractivity contribution in [1.29, 1.82) is 0 Å². The summed E-state index contributed by atoms with van der Waals surface area (Å²) < 4.78 is 27.3. The standard InChI is InChI=1S/C25H16F2N4O3S2/c26-17-5-1-14(2-6-17)13-35-25-30-29-24(36-25)31-20(15-3-7-18(27)8-4-15)19(22(33)23(31)34)21(32)16-9-11-28-12-10-16/h1-12,20,32H,13H2. The first kappa shape index (κ1) is 23.8. The van der Waals surface area contributed by atoms with Crippen LogP contribution in [0.1, 0.15) is 22.7 Å². The van der Waals surface area contributed by atoms with Crippen LogP contribution in [-0.4, -0.2) is 32.0 Å². The summed E-state index contributed by atoms with van der Waals surface area (Å²) in [6.07, 6.45) is 2.90. The third-order valence-corrected chi connectivity index (χ3v) is 7.59. The lowest BCUT2D eigenvalue weighted by Crippen LogP contribution is -2.29. The molecule has 5 rings (SSSR count). The lowest BCUT2D eigenvalue weighted by molar-refractivity contribution is -0.132. The molecule has 2 aromatic heterocycles. The molecular formula is C25H16F2N4O3S2. The summed E-state index contributed by atoms with van der Waals surface area (Å²) in [5.74, 6) is -2.47. The first-order valence-electron chi connectivity index (χ1n) is 10.6. The number of thioether (sulfide) groups is 1. The van der Waals surface area contributed by atoms with Crippen molar-refractivity contribution < 1.29 is 23.5 Å². The lowest BCUT2D eigenvalue weighted by atomic mass is 9.95. The summed E-state index contributed by atoms with van der Waals surface area (Å²) in [5.41, 5.74) is 1.46. The SMILES string of the molecule is O=C1C(=O)N(c2nnc(SCc3ccc(F)cc3)s2)C(c2ccc(F)cc2)C1=C(O)c1ccncc1. The van der Waals surface area contributed by atoms with Crippen LogP contribution in [-0.2, 0) is 15.3 Å². The normalized spacial score (nSPS) is 17.1. The van der Waals surface area contributed by atoms with Gasteiger partial charge < -0.3 is 5.11 Å². The molecule has 36 heavy (non-hydrogen) atoms. The molecule has 1 aliphatic rings. The van der Waals surface area contributed by atoms with Crippen molar-refractivity contribution in [2.45, 2.75) is 16.1 Å². The summed E-state index contributed by atoms with van der Waals surface area (Å²) in [4.78, 5) is 31.4. The molecule has 1 N–H and O–H groups in total. The molecule has 180 valence electrons. The van der Waals surface area contributed by atoms with Gasteiger partial charge in [0.2, 0.25) is 5.13 Å². The van der Waals surface area contributed by atoms with Gasteiger partial charge in [-0.05, 0) is 47.5 Å². The van der Waals surface area contributed by atoms with E-state index in [1.807, 2.05) is 0 Å². The molecule has 11 heteroatoms. The number of carbonyl (C=O) groups is 2. The molecule has 4 aromatic rings. The molecule has 1 fully saturated rings. The quantitative estimate of drug-likeness (QED) is 0.123. The maximum atomic E-state index is 13.7. The first-order valence-corrected chi connectivity index (χ1v) is 12.4. The highest BCUT2D eigenvalue weighted by Crippen LogP contribution is 2.44. The van der Waals surface area contributed by atoms with Crippen LogP contribution in [0.4, 0.5) is 13.9 Å². The fraction of sp³-hybridized carbons (Fsp3) is 0.0800. The summed E-state index contributed by atoms with van der Waals surface area (Å²) >= 11 is 2.45. The van der Waals surface area contributed by atoms with Crippen LogP contribution in [0, 0.1) is 11.6 Å². The number of hydrogen-bond donors (Lipinski definition) is 1. The van der Waals surface area contributed by atoms with E-state index in [0.717, 1.165) is 16.9 Å². The van der Waals surface area contributed by atoms with Crippen molar-refractivity contribution >= 4 is 45.7 Å². The number of nitrogens with zero attached hydrogens (tertiary/aromatic N) is 4. The highest BCUT2D eigenvalue weighted by Gasteiger charge is 2.48. The van der Waals surface area contributed by atoms with Crippen LogP contribution in [0.15, 0.2) is 83.0 Å². The second-order valence-electron chi connectivity index (χ2n) is 7.72. The van der Waals surface area contributed by atoms with Crippen molar-refractivity contribution in [3.05, 3.63) is 107 Å². The Bertz CT molecular complexity index is 1460. The molecular weight excluding hydrogens is 506 g/mol. The van der Waals surface area contributed by atoms with E-state index in [0.29, 0.717) is 21.2 Å². The zero-order valence-electron chi connectivity index (χ0n) is 18.3. The Morgan fingerprint density at radius 2 is 1.58 bits per heavy atom. The first-order chi connectivity index (χ1) is 17.4. The maximum absolute atomic E-state index is 13.7. The molecule has 1 aliphatic heterocycles. The zero-order valence-corrected chi connectivity index (χ0v) is 20.0. The Morgan fingerprint density at radius 3 is 2.25 bits per heavy atom. The third-order valence-electron chi connectivity index (χ3n) is 5.46. The highest BCUT2D eigenvalue weighted by molar-refractivity contribution is 8.00. The van der Waals surface area contributed by atoms with E-state index in [9.17, 15) is 23.5 Å². The van der Waals surface area contributed by atoms with Crippen molar-refractivity contribution in [2.24, 2.45) is 0 Å². The zero-order chi connectivity index (χ0) is 25.2. The second kappa shape index (κ2) is 9.96. The highest BCUT2D eigenvalue weighted by atomic mass is 32.2. The van der Waals surface area contributed by atoms with Crippen LogP contribution in [0.2, 0.25) is 0 Å². The van der Waals surface area contributed by atoms with Crippen LogP contribution in [0.25, 0.3) is 5.76 Å². The maximum Gasteiger partial charge on any atom is 0.301 e. The van der Waals surface area contributed by atoms with E-state index < -0.39 is 23.5 Å². The van der Waals surface area contributed by atoms with Gasteiger partial charge in [-0.25, -0.2) is 8.78 Å². The van der Waals surface area contributed by atoms with Crippen molar-refractivity contribution in [1.82, 2.24) is 15.2 Å². The summed E-state index contributed by atoms with van der Waals surface area (Å²) in [5, 5.41) is 19.4. The Balaban J connectivity index is 1.52. The molecule has 1 saturated heterocycles. The monoisotopic (exact) mass is 522 g/mol. The Labute approximate surface area is 212 Å². The van der Waals surface area contributed by atoms with Gasteiger partial charge in [-0.1, -0.05) is 47.4 Å². The molecule has 3 heterocycles. The van der Waals surface area contributed by atoms with E-state index >= 15 is 0 Å². The largest absolute Gasteiger partial charge is 0.507 e. The van der Waals surface area contributed by atoms with Gasteiger partial charge in [-0.3, -0.25) is 19.5 Å². The van der Waals surface area contributed by atoms with Crippen molar-refractivity contribution in [3.63, 3.8) is 0 Å². The van der Waals surface area contributed by atoms with Gasteiger partial charge in [-0.15, -0.1) is 10.2 Å². The molecule has 0 radical (unpaired) electrons. The van der Waals surface area contributed by atoms with Gasteiger partial charge >= 0.3 is 5.91 Å². The number of hydrogen-bond acceptors (Lipinski definition) is 8. The third kappa shape index (κ3) is 4.62. The predicted octanol–water partition coefficient (Wildman–Crippen LogP) is 5.13. The minimum Gasteiger partial charge on any atom is -0.507 e. The number of anilines is 1. The fourth-order valence-electron chi connectivity index (χ4n) is 3.74. The number of aliphatic hydroxyl groups is 1. The van der Waals surface area contributed by atoms with E-state index in [4.69, 9.17) is 0 Å². The van der Waals surface area contributed by atoms with Gasteiger partial charge in [0.25, 0.3) is 5.78 Å².